The largest absolute Gasteiger partial charge is 0.348 e. The highest BCUT2D eigenvalue weighted by Gasteiger charge is 2.27. The van der Waals surface area contributed by atoms with Gasteiger partial charge in [-0.1, -0.05) is 30.3 Å². The molecule has 1 unspecified atom stereocenters. The lowest BCUT2D eigenvalue weighted by molar-refractivity contribution is 0.0923. The molecule has 3 aromatic rings. The van der Waals surface area contributed by atoms with Crippen LogP contribution in [0, 0.1) is 0 Å². The van der Waals surface area contributed by atoms with E-state index in [1.165, 1.54) is 10.6 Å². The summed E-state index contributed by atoms with van der Waals surface area (Å²) in [4.78, 5) is 17.4. The quantitative estimate of drug-likeness (QED) is 0.705. The van der Waals surface area contributed by atoms with Crippen LogP contribution in [0.1, 0.15) is 23.2 Å². The summed E-state index contributed by atoms with van der Waals surface area (Å²) in [5.74, 6) is -0.218. The SMILES string of the molecule is CS(=O)(=O)N1CCCC(NC(=O)c2cc3ccccc3c3cccnc23)C1. The van der Waals surface area contributed by atoms with Crippen LogP contribution in [0.5, 0.6) is 0 Å². The molecule has 1 N–H and O–H groups in total. The predicted molar refractivity (Wildman–Crippen MR) is 106 cm³/mol. The van der Waals surface area contributed by atoms with Crippen molar-refractivity contribution in [1.82, 2.24) is 14.6 Å². The minimum absolute atomic E-state index is 0.203. The molecule has 27 heavy (non-hydrogen) atoms. The van der Waals surface area contributed by atoms with Gasteiger partial charge in [0, 0.05) is 30.7 Å². The normalized spacial score (nSPS) is 18.6. The fraction of sp³-hybridized carbons (Fsp3) is 0.300. The molecule has 1 amide bonds. The first kappa shape index (κ1) is 17.9. The molecule has 0 saturated carbocycles. The van der Waals surface area contributed by atoms with Gasteiger partial charge >= 0.3 is 0 Å². The molecule has 140 valence electrons. The van der Waals surface area contributed by atoms with Crippen LogP contribution in [0.25, 0.3) is 21.7 Å². The van der Waals surface area contributed by atoms with E-state index in [0.29, 0.717) is 24.2 Å². The number of amides is 1. The maximum absolute atomic E-state index is 13.0. The van der Waals surface area contributed by atoms with Gasteiger partial charge in [-0.2, -0.15) is 0 Å². The Bertz CT molecular complexity index is 1130. The second-order valence-electron chi connectivity index (χ2n) is 6.98. The predicted octanol–water partition coefficient (Wildman–Crippen LogP) is 2.54. The minimum Gasteiger partial charge on any atom is -0.348 e. The van der Waals surface area contributed by atoms with Gasteiger partial charge in [-0.15, -0.1) is 0 Å². The fourth-order valence-corrected chi connectivity index (χ4v) is 4.64. The number of aromatic nitrogens is 1. The molecule has 2 heterocycles. The Balaban J connectivity index is 1.68. The summed E-state index contributed by atoms with van der Waals surface area (Å²) in [6.07, 6.45) is 4.38. The van der Waals surface area contributed by atoms with E-state index in [9.17, 15) is 13.2 Å². The third kappa shape index (κ3) is 3.52. The van der Waals surface area contributed by atoms with Crippen LogP contribution in [-0.4, -0.2) is 49.0 Å². The Labute approximate surface area is 158 Å². The highest BCUT2D eigenvalue weighted by Crippen LogP contribution is 2.27. The molecule has 7 heteroatoms. The van der Waals surface area contributed by atoms with Crippen LogP contribution >= 0.6 is 0 Å². The maximum atomic E-state index is 13.0. The van der Waals surface area contributed by atoms with Crippen molar-refractivity contribution in [3.05, 3.63) is 54.2 Å². The molecule has 1 saturated heterocycles. The Kier molecular flexibility index (Phi) is 4.57. The van der Waals surface area contributed by atoms with E-state index < -0.39 is 10.0 Å². The number of fused-ring (bicyclic) bond motifs is 3. The van der Waals surface area contributed by atoms with Crippen molar-refractivity contribution in [1.29, 1.82) is 0 Å². The zero-order valence-corrected chi connectivity index (χ0v) is 15.9. The van der Waals surface area contributed by atoms with Crippen LogP contribution in [0.2, 0.25) is 0 Å². The molecule has 6 nitrogen and oxygen atoms in total. The summed E-state index contributed by atoms with van der Waals surface area (Å²) >= 11 is 0. The second-order valence-corrected chi connectivity index (χ2v) is 8.96. The first-order chi connectivity index (χ1) is 12.9. The Morgan fingerprint density at radius 3 is 2.78 bits per heavy atom. The van der Waals surface area contributed by atoms with Crippen LogP contribution in [0.15, 0.2) is 48.7 Å². The number of piperidine rings is 1. The monoisotopic (exact) mass is 383 g/mol. The van der Waals surface area contributed by atoms with Crippen LogP contribution in [-0.2, 0) is 10.0 Å². The van der Waals surface area contributed by atoms with Gasteiger partial charge in [0.15, 0.2) is 0 Å². The van der Waals surface area contributed by atoms with Crippen molar-refractivity contribution in [3.8, 4) is 0 Å². The lowest BCUT2D eigenvalue weighted by Crippen LogP contribution is -2.49. The Morgan fingerprint density at radius 2 is 1.96 bits per heavy atom. The molecule has 4 rings (SSSR count). The number of nitrogens with zero attached hydrogens (tertiary/aromatic N) is 2. The van der Waals surface area contributed by atoms with Gasteiger partial charge in [0.2, 0.25) is 10.0 Å². The van der Waals surface area contributed by atoms with Gasteiger partial charge in [-0.25, -0.2) is 12.7 Å². The molecule has 1 aromatic heterocycles. The van der Waals surface area contributed by atoms with Crippen molar-refractivity contribution < 1.29 is 13.2 Å². The van der Waals surface area contributed by atoms with E-state index in [1.54, 1.807) is 6.20 Å². The topological polar surface area (TPSA) is 79.4 Å². The molecule has 2 aromatic carbocycles. The zero-order chi connectivity index (χ0) is 19.0. The molecular formula is C20H21N3O3S. The third-order valence-corrected chi connectivity index (χ3v) is 6.32. The summed E-state index contributed by atoms with van der Waals surface area (Å²) in [5, 5.41) is 5.97. The van der Waals surface area contributed by atoms with Gasteiger partial charge in [0.1, 0.15) is 0 Å². The fourth-order valence-electron chi connectivity index (χ4n) is 3.73. The molecule has 0 aliphatic carbocycles. The molecule has 1 atom stereocenters. The standard InChI is InChI=1S/C20H21N3O3S/c1-27(25,26)23-11-5-7-15(13-23)22-20(24)18-12-14-6-2-3-8-16(14)17-9-4-10-21-19(17)18/h2-4,6,8-10,12,15H,5,7,11,13H2,1H3,(H,22,24). The Hall–Kier alpha value is -2.51. The number of carbonyl (C=O) groups is 1. The zero-order valence-electron chi connectivity index (χ0n) is 15.1. The number of sulfonamides is 1. The third-order valence-electron chi connectivity index (χ3n) is 5.05. The molecule has 1 fully saturated rings. The highest BCUT2D eigenvalue weighted by atomic mass is 32.2. The van der Waals surface area contributed by atoms with Crippen molar-refractivity contribution in [3.63, 3.8) is 0 Å². The number of hydrogen-bond donors (Lipinski definition) is 1. The highest BCUT2D eigenvalue weighted by molar-refractivity contribution is 7.88. The molecule has 0 bridgehead atoms. The average Bonchev–Trinajstić information content (AvgIpc) is 2.67. The van der Waals surface area contributed by atoms with Crippen LogP contribution < -0.4 is 5.32 Å². The number of nitrogens with one attached hydrogen (secondary N) is 1. The van der Waals surface area contributed by atoms with E-state index in [0.717, 1.165) is 29.0 Å². The minimum atomic E-state index is -3.25. The second kappa shape index (κ2) is 6.90. The van der Waals surface area contributed by atoms with Crippen molar-refractivity contribution in [2.45, 2.75) is 18.9 Å². The molecular weight excluding hydrogens is 362 g/mol. The van der Waals surface area contributed by atoms with Crippen LogP contribution in [0.3, 0.4) is 0 Å². The first-order valence-corrected chi connectivity index (χ1v) is 10.8. The molecule has 0 spiro atoms. The van der Waals surface area contributed by atoms with E-state index in [2.05, 4.69) is 10.3 Å². The number of benzene rings is 2. The van der Waals surface area contributed by atoms with Crippen molar-refractivity contribution in [2.24, 2.45) is 0 Å². The summed E-state index contributed by atoms with van der Waals surface area (Å²) in [6, 6.07) is 13.4. The summed E-state index contributed by atoms with van der Waals surface area (Å²) in [5.41, 5.74) is 1.17. The van der Waals surface area contributed by atoms with E-state index in [-0.39, 0.29) is 11.9 Å². The van der Waals surface area contributed by atoms with Crippen LogP contribution in [0.4, 0.5) is 0 Å². The number of hydrogen-bond acceptors (Lipinski definition) is 4. The molecule has 1 aliphatic rings. The van der Waals surface area contributed by atoms with Crippen molar-refractivity contribution >= 4 is 37.6 Å². The average molecular weight is 383 g/mol. The van der Waals surface area contributed by atoms with Gasteiger partial charge in [-0.05, 0) is 35.7 Å². The first-order valence-electron chi connectivity index (χ1n) is 8.96. The number of pyridine rings is 1. The smallest absolute Gasteiger partial charge is 0.253 e. The van der Waals surface area contributed by atoms with Gasteiger partial charge in [0.25, 0.3) is 5.91 Å². The van der Waals surface area contributed by atoms with E-state index >= 15 is 0 Å². The maximum Gasteiger partial charge on any atom is 0.253 e. The number of rotatable bonds is 3. The van der Waals surface area contributed by atoms with E-state index in [1.807, 2.05) is 42.5 Å². The lowest BCUT2D eigenvalue weighted by Gasteiger charge is -2.31. The van der Waals surface area contributed by atoms with Crippen molar-refractivity contribution in [2.75, 3.05) is 19.3 Å². The van der Waals surface area contributed by atoms with Gasteiger partial charge in [0.05, 0.1) is 17.3 Å². The molecule has 0 radical (unpaired) electrons. The molecule has 1 aliphatic heterocycles. The Morgan fingerprint density at radius 1 is 1.19 bits per heavy atom. The lowest BCUT2D eigenvalue weighted by atomic mass is 9.99. The van der Waals surface area contributed by atoms with Gasteiger partial charge < -0.3 is 5.32 Å². The summed E-state index contributed by atoms with van der Waals surface area (Å²) in [6.45, 7) is 0.815. The van der Waals surface area contributed by atoms with Gasteiger partial charge in [-0.3, -0.25) is 9.78 Å². The summed E-state index contributed by atoms with van der Waals surface area (Å²) in [7, 11) is -3.25. The summed E-state index contributed by atoms with van der Waals surface area (Å²) < 4.78 is 25.1. The van der Waals surface area contributed by atoms with E-state index in [4.69, 9.17) is 0 Å². The number of carbonyl (C=O) groups excluding carboxylic acids is 1.